The summed E-state index contributed by atoms with van der Waals surface area (Å²) in [4.78, 5) is 20.6. The van der Waals surface area contributed by atoms with E-state index in [2.05, 4.69) is 36.1 Å². The lowest BCUT2D eigenvalue weighted by atomic mass is 10.00. The molecule has 0 saturated carbocycles. The zero-order valence-corrected chi connectivity index (χ0v) is 13.6. The van der Waals surface area contributed by atoms with E-state index in [9.17, 15) is 4.79 Å². The Balaban J connectivity index is 1.54. The number of anilines is 4. The number of H-pyrrole nitrogens is 1. The summed E-state index contributed by atoms with van der Waals surface area (Å²) in [6.45, 7) is 2.61. The molecule has 126 valence electrons. The quantitative estimate of drug-likeness (QED) is 0.583. The molecule has 4 N–H and O–H groups in total. The van der Waals surface area contributed by atoms with Crippen LogP contribution in [0.3, 0.4) is 0 Å². The molecule has 3 heterocycles. The van der Waals surface area contributed by atoms with E-state index in [1.54, 1.807) is 12.4 Å². The summed E-state index contributed by atoms with van der Waals surface area (Å²) in [5, 5.41) is 16.1. The van der Waals surface area contributed by atoms with Gasteiger partial charge in [-0.15, -0.1) is 0 Å². The molecule has 4 rings (SSSR count). The third kappa shape index (κ3) is 3.27. The number of nitrogens with one attached hydrogen (secondary N) is 4. The summed E-state index contributed by atoms with van der Waals surface area (Å²) in [5.74, 6) is 1.79. The molecule has 0 bridgehead atoms. The van der Waals surface area contributed by atoms with Crippen LogP contribution in [0.2, 0.25) is 0 Å². The van der Waals surface area contributed by atoms with Crippen LogP contribution in [-0.2, 0) is 6.42 Å². The monoisotopic (exact) mass is 335 g/mol. The minimum absolute atomic E-state index is 0.0414. The lowest BCUT2D eigenvalue weighted by Gasteiger charge is -2.17. The van der Waals surface area contributed by atoms with Crippen molar-refractivity contribution in [2.75, 3.05) is 17.2 Å². The van der Waals surface area contributed by atoms with E-state index in [0.717, 1.165) is 23.4 Å². The van der Waals surface area contributed by atoms with Crippen molar-refractivity contribution >= 4 is 29.0 Å². The van der Waals surface area contributed by atoms with Crippen molar-refractivity contribution in [2.45, 2.75) is 13.3 Å². The third-order valence-electron chi connectivity index (χ3n) is 3.90. The number of aryl methyl sites for hydroxylation is 1. The smallest absolute Gasteiger partial charge is 0.251 e. The number of aromatic amines is 1. The Kier molecular flexibility index (Phi) is 3.77. The molecule has 0 fully saturated rings. The van der Waals surface area contributed by atoms with Crippen molar-refractivity contribution in [3.8, 4) is 0 Å². The Morgan fingerprint density at radius 1 is 1.08 bits per heavy atom. The fourth-order valence-electron chi connectivity index (χ4n) is 2.74. The molecule has 1 aliphatic rings. The van der Waals surface area contributed by atoms with Crippen molar-refractivity contribution in [1.29, 1.82) is 0 Å². The van der Waals surface area contributed by atoms with Crippen molar-refractivity contribution < 1.29 is 4.79 Å². The van der Waals surface area contributed by atoms with Gasteiger partial charge in [0.05, 0.1) is 12.4 Å². The summed E-state index contributed by atoms with van der Waals surface area (Å²) in [5.41, 5.74) is 3.50. The number of benzene rings is 1. The topological polar surface area (TPSA) is 108 Å². The number of fused-ring (bicyclic) bond motifs is 1. The van der Waals surface area contributed by atoms with Crippen LogP contribution < -0.4 is 16.0 Å². The summed E-state index contributed by atoms with van der Waals surface area (Å²) >= 11 is 0. The maximum atomic E-state index is 12.0. The molecule has 0 spiro atoms. The van der Waals surface area contributed by atoms with Gasteiger partial charge in [0.2, 0.25) is 0 Å². The second kappa shape index (κ2) is 6.23. The summed E-state index contributed by atoms with van der Waals surface area (Å²) in [6.07, 6.45) is 4.10. The molecular formula is C17H17N7O. The number of amides is 1. The molecule has 1 amide bonds. The molecule has 1 aliphatic heterocycles. The zero-order chi connectivity index (χ0) is 17.2. The molecule has 8 nitrogen and oxygen atoms in total. The second-order valence-corrected chi connectivity index (χ2v) is 5.85. The Morgan fingerprint density at radius 3 is 2.72 bits per heavy atom. The maximum Gasteiger partial charge on any atom is 0.251 e. The highest BCUT2D eigenvalue weighted by Gasteiger charge is 2.16. The first-order valence-electron chi connectivity index (χ1n) is 7.96. The number of rotatable bonds is 4. The second-order valence-electron chi connectivity index (χ2n) is 5.85. The average molecular weight is 335 g/mol. The lowest BCUT2D eigenvalue weighted by Crippen LogP contribution is -2.31. The molecule has 25 heavy (non-hydrogen) atoms. The first-order valence-corrected chi connectivity index (χ1v) is 7.96. The van der Waals surface area contributed by atoms with E-state index >= 15 is 0 Å². The van der Waals surface area contributed by atoms with E-state index < -0.39 is 0 Å². The fourth-order valence-corrected chi connectivity index (χ4v) is 2.74. The van der Waals surface area contributed by atoms with Gasteiger partial charge >= 0.3 is 0 Å². The van der Waals surface area contributed by atoms with Gasteiger partial charge in [0.1, 0.15) is 0 Å². The Labute approximate surface area is 144 Å². The standard InChI is InChI=1S/C17H17N7O/c1-10-6-14(24-23-10)21-16-9-18-8-15(22-16)20-12-3-2-11-4-5-19-17(25)13(11)7-12/h2-3,6-9H,4-5H2,1H3,(H,19,25)(H3,20,21,22,23,24). The van der Waals surface area contributed by atoms with Crippen LogP contribution in [-0.4, -0.2) is 32.6 Å². The summed E-state index contributed by atoms with van der Waals surface area (Å²) in [7, 11) is 0. The van der Waals surface area contributed by atoms with Gasteiger partial charge in [-0.3, -0.25) is 14.9 Å². The van der Waals surface area contributed by atoms with Gasteiger partial charge in [-0.1, -0.05) is 6.07 Å². The molecule has 8 heteroatoms. The van der Waals surface area contributed by atoms with E-state index in [1.165, 1.54) is 0 Å². The lowest BCUT2D eigenvalue weighted by molar-refractivity contribution is 0.0946. The van der Waals surface area contributed by atoms with Gasteiger partial charge < -0.3 is 16.0 Å². The summed E-state index contributed by atoms with van der Waals surface area (Å²) in [6, 6.07) is 7.63. The van der Waals surface area contributed by atoms with Gasteiger partial charge in [0, 0.05) is 29.6 Å². The predicted octanol–water partition coefficient (Wildman–Crippen LogP) is 2.28. The third-order valence-corrected chi connectivity index (χ3v) is 3.90. The van der Waals surface area contributed by atoms with Crippen LogP contribution in [0.5, 0.6) is 0 Å². The molecule has 3 aromatic rings. The number of hydrogen-bond donors (Lipinski definition) is 4. The van der Waals surface area contributed by atoms with Gasteiger partial charge in [-0.2, -0.15) is 5.10 Å². The maximum absolute atomic E-state index is 12.0. The number of aromatic nitrogens is 4. The number of carbonyl (C=O) groups excluding carboxylic acids is 1. The number of nitrogens with zero attached hydrogens (tertiary/aromatic N) is 3. The van der Waals surface area contributed by atoms with Crippen LogP contribution in [0, 0.1) is 6.92 Å². The molecule has 2 aromatic heterocycles. The molecule has 0 radical (unpaired) electrons. The molecular weight excluding hydrogens is 318 g/mol. The highest BCUT2D eigenvalue weighted by Crippen LogP contribution is 2.22. The van der Waals surface area contributed by atoms with Crippen LogP contribution in [0.4, 0.5) is 23.1 Å². The van der Waals surface area contributed by atoms with Gasteiger partial charge in [-0.05, 0) is 31.0 Å². The van der Waals surface area contributed by atoms with Crippen LogP contribution in [0.15, 0.2) is 36.7 Å². The molecule has 0 aliphatic carbocycles. The Bertz CT molecular complexity index is 934. The minimum atomic E-state index is -0.0414. The highest BCUT2D eigenvalue weighted by molar-refractivity contribution is 5.97. The van der Waals surface area contributed by atoms with Crippen molar-refractivity contribution in [1.82, 2.24) is 25.5 Å². The van der Waals surface area contributed by atoms with E-state index in [4.69, 9.17) is 0 Å². The van der Waals surface area contributed by atoms with Gasteiger partial charge in [-0.25, -0.2) is 4.98 Å². The molecule has 0 saturated heterocycles. The first-order chi connectivity index (χ1) is 12.2. The van der Waals surface area contributed by atoms with Crippen LogP contribution in [0.25, 0.3) is 0 Å². The van der Waals surface area contributed by atoms with E-state index in [-0.39, 0.29) is 5.91 Å². The predicted molar refractivity (Wildman–Crippen MR) is 94.4 cm³/mol. The number of hydrogen-bond acceptors (Lipinski definition) is 6. The largest absolute Gasteiger partial charge is 0.352 e. The van der Waals surface area contributed by atoms with E-state index in [1.807, 2.05) is 31.2 Å². The van der Waals surface area contributed by atoms with Crippen molar-refractivity contribution in [2.24, 2.45) is 0 Å². The Hall–Kier alpha value is -3.42. The van der Waals surface area contributed by atoms with Gasteiger partial charge in [0.15, 0.2) is 17.5 Å². The normalized spacial score (nSPS) is 13.1. The average Bonchev–Trinajstić information content (AvgIpc) is 3.01. The van der Waals surface area contributed by atoms with Crippen LogP contribution >= 0.6 is 0 Å². The minimum Gasteiger partial charge on any atom is -0.352 e. The van der Waals surface area contributed by atoms with Gasteiger partial charge in [0.25, 0.3) is 5.91 Å². The Morgan fingerprint density at radius 2 is 1.92 bits per heavy atom. The van der Waals surface area contributed by atoms with Crippen molar-refractivity contribution in [3.63, 3.8) is 0 Å². The van der Waals surface area contributed by atoms with E-state index in [0.29, 0.717) is 29.6 Å². The van der Waals surface area contributed by atoms with Crippen LogP contribution in [0.1, 0.15) is 21.6 Å². The zero-order valence-electron chi connectivity index (χ0n) is 13.6. The first kappa shape index (κ1) is 15.1. The SMILES string of the molecule is Cc1cc(Nc2cncc(Nc3ccc4c(c3)C(=O)NCC4)n2)n[nH]1. The number of carbonyl (C=O) groups is 1. The van der Waals surface area contributed by atoms with Crippen molar-refractivity contribution in [3.05, 3.63) is 53.5 Å². The summed E-state index contributed by atoms with van der Waals surface area (Å²) < 4.78 is 0. The highest BCUT2D eigenvalue weighted by atomic mass is 16.1. The molecule has 0 atom stereocenters. The molecule has 1 aromatic carbocycles. The molecule has 0 unspecified atom stereocenters. The fraction of sp³-hybridized carbons (Fsp3) is 0.176.